The van der Waals surface area contributed by atoms with Crippen LogP contribution in [0.1, 0.15) is 5.56 Å². The Morgan fingerprint density at radius 2 is 2.15 bits per heavy atom. The number of benzene rings is 1. The van der Waals surface area contributed by atoms with Crippen LogP contribution in [-0.4, -0.2) is 4.92 Å². The van der Waals surface area contributed by atoms with Crippen LogP contribution >= 0.6 is 31.9 Å². The Morgan fingerprint density at radius 1 is 1.54 bits per heavy atom. The van der Waals surface area contributed by atoms with E-state index >= 15 is 0 Å². The summed E-state index contributed by atoms with van der Waals surface area (Å²) in [5, 5.41) is 10.7. The Kier molecular flexibility index (Phi) is 3.38. The van der Waals surface area contributed by atoms with E-state index in [2.05, 4.69) is 31.9 Å². The highest BCUT2D eigenvalue weighted by Crippen LogP contribution is 2.31. The van der Waals surface area contributed by atoms with E-state index in [9.17, 15) is 14.5 Å². The van der Waals surface area contributed by atoms with Crippen LogP contribution in [0.4, 0.5) is 10.1 Å². The Bertz CT molecular complexity index is 357. The summed E-state index contributed by atoms with van der Waals surface area (Å²) in [7, 11) is 0. The van der Waals surface area contributed by atoms with Gasteiger partial charge < -0.3 is 0 Å². The first-order valence-electron chi connectivity index (χ1n) is 3.25. The molecule has 0 aliphatic rings. The van der Waals surface area contributed by atoms with Gasteiger partial charge in [0.15, 0.2) is 0 Å². The maximum atomic E-state index is 13.0. The molecule has 0 bridgehead atoms. The molecule has 0 spiro atoms. The van der Waals surface area contributed by atoms with Crippen LogP contribution in [0.5, 0.6) is 0 Å². The number of hydrogen-bond acceptors (Lipinski definition) is 2. The van der Waals surface area contributed by atoms with Gasteiger partial charge in [-0.05, 0) is 28.1 Å². The van der Waals surface area contributed by atoms with Crippen LogP contribution in [0.25, 0.3) is 0 Å². The molecule has 0 atom stereocenters. The van der Waals surface area contributed by atoms with Gasteiger partial charge in [-0.1, -0.05) is 15.9 Å². The van der Waals surface area contributed by atoms with Crippen molar-refractivity contribution in [1.82, 2.24) is 0 Å². The van der Waals surface area contributed by atoms with Crippen molar-refractivity contribution in [3.05, 3.63) is 38.1 Å². The first kappa shape index (κ1) is 10.6. The highest BCUT2D eigenvalue weighted by molar-refractivity contribution is 9.10. The molecule has 0 saturated carbocycles. The van der Waals surface area contributed by atoms with Crippen molar-refractivity contribution in [2.24, 2.45) is 0 Å². The van der Waals surface area contributed by atoms with Crippen LogP contribution in [0.3, 0.4) is 0 Å². The number of rotatable bonds is 2. The van der Waals surface area contributed by atoms with Gasteiger partial charge in [0.25, 0.3) is 5.69 Å². The average molecular weight is 313 g/mol. The molecular weight excluding hydrogens is 309 g/mol. The van der Waals surface area contributed by atoms with Gasteiger partial charge in [0, 0.05) is 5.33 Å². The minimum atomic E-state index is -0.607. The monoisotopic (exact) mass is 311 g/mol. The Morgan fingerprint density at radius 3 is 2.54 bits per heavy atom. The van der Waals surface area contributed by atoms with E-state index in [4.69, 9.17) is 0 Å². The third-order valence-electron chi connectivity index (χ3n) is 1.49. The van der Waals surface area contributed by atoms with Gasteiger partial charge in [0.2, 0.25) is 0 Å². The highest BCUT2D eigenvalue weighted by atomic mass is 79.9. The molecule has 0 aromatic heterocycles. The van der Waals surface area contributed by atoms with Gasteiger partial charge in [-0.2, -0.15) is 0 Å². The predicted octanol–water partition coefficient (Wildman–Crippen LogP) is 3.39. The van der Waals surface area contributed by atoms with Crippen LogP contribution in [0.15, 0.2) is 16.6 Å². The number of halogens is 3. The topological polar surface area (TPSA) is 43.1 Å². The zero-order valence-electron chi connectivity index (χ0n) is 6.26. The molecule has 0 saturated heterocycles. The largest absolute Gasteiger partial charge is 0.290 e. The number of hydrogen-bond donors (Lipinski definition) is 0. The van der Waals surface area contributed by atoms with E-state index < -0.39 is 10.7 Å². The normalized spacial score (nSPS) is 10.1. The summed E-state index contributed by atoms with van der Waals surface area (Å²) < 4.78 is 13.3. The first-order valence-corrected chi connectivity index (χ1v) is 5.16. The highest BCUT2D eigenvalue weighted by Gasteiger charge is 2.20. The molecule has 0 fully saturated rings. The summed E-state index contributed by atoms with van der Waals surface area (Å²) in [4.78, 5) is 9.93. The zero-order chi connectivity index (χ0) is 10.0. The maximum absolute atomic E-state index is 13.0. The van der Waals surface area contributed by atoms with Crippen molar-refractivity contribution in [3.63, 3.8) is 0 Å². The quantitative estimate of drug-likeness (QED) is 0.477. The Hall–Kier alpha value is -0.490. The maximum Gasteiger partial charge on any atom is 0.290 e. The predicted molar refractivity (Wildman–Crippen MR) is 53.4 cm³/mol. The van der Waals surface area contributed by atoms with Gasteiger partial charge in [-0.25, -0.2) is 4.39 Å². The minimum Gasteiger partial charge on any atom is -0.258 e. The van der Waals surface area contributed by atoms with E-state index in [1.54, 1.807) is 0 Å². The number of nitrogens with zero attached hydrogens (tertiary/aromatic N) is 1. The summed E-state index contributed by atoms with van der Waals surface area (Å²) in [6.45, 7) is 0. The molecule has 0 amide bonds. The fourth-order valence-corrected chi connectivity index (χ4v) is 1.96. The lowest BCUT2D eigenvalue weighted by atomic mass is 10.2. The molecule has 0 N–H and O–H groups in total. The van der Waals surface area contributed by atoms with E-state index in [-0.39, 0.29) is 21.1 Å². The summed E-state index contributed by atoms with van der Waals surface area (Å²) in [5.74, 6) is -0.577. The van der Waals surface area contributed by atoms with Gasteiger partial charge in [-0.3, -0.25) is 10.1 Å². The van der Waals surface area contributed by atoms with Crippen molar-refractivity contribution >= 4 is 37.5 Å². The van der Waals surface area contributed by atoms with Crippen molar-refractivity contribution in [2.75, 3.05) is 0 Å². The molecule has 1 aromatic carbocycles. The minimum absolute atomic E-state index is 0.0550. The third kappa shape index (κ3) is 2.05. The van der Waals surface area contributed by atoms with E-state index in [1.807, 2.05) is 0 Å². The molecule has 6 heteroatoms. The molecule has 3 nitrogen and oxygen atoms in total. The lowest BCUT2D eigenvalue weighted by Gasteiger charge is -2.01. The van der Waals surface area contributed by atoms with Crippen molar-refractivity contribution in [2.45, 2.75) is 5.33 Å². The second-order valence-electron chi connectivity index (χ2n) is 2.25. The average Bonchev–Trinajstić information content (AvgIpc) is 2.07. The molecular formula is C7H4Br2FNO2. The molecule has 0 unspecified atom stereocenters. The van der Waals surface area contributed by atoms with Gasteiger partial charge in [-0.15, -0.1) is 0 Å². The van der Waals surface area contributed by atoms with E-state index in [0.29, 0.717) is 0 Å². The SMILES string of the molecule is O=[N+]([O-])c1c(Br)ccc(F)c1CBr. The molecule has 1 rings (SSSR count). The summed E-state index contributed by atoms with van der Waals surface area (Å²) in [6.07, 6.45) is 0. The summed E-state index contributed by atoms with van der Waals surface area (Å²) in [5.41, 5.74) is -0.170. The van der Waals surface area contributed by atoms with Crippen LogP contribution in [-0.2, 0) is 5.33 Å². The Balaban J connectivity index is 3.43. The molecule has 70 valence electrons. The van der Waals surface area contributed by atoms with Crippen LogP contribution < -0.4 is 0 Å². The second-order valence-corrected chi connectivity index (χ2v) is 3.66. The van der Waals surface area contributed by atoms with Gasteiger partial charge in [0.1, 0.15) is 5.82 Å². The molecule has 0 aliphatic carbocycles. The van der Waals surface area contributed by atoms with Gasteiger partial charge >= 0.3 is 0 Å². The fourth-order valence-electron chi connectivity index (χ4n) is 0.908. The molecule has 13 heavy (non-hydrogen) atoms. The van der Waals surface area contributed by atoms with Crippen LogP contribution in [0, 0.1) is 15.9 Å². The Labute approximate surface area is 90.3 Å². The smallest absolute Gasteiger partial charge is 0.258 e. The number of alkyl halides is 1. The molecule has 1 aromatic rings. The third-order valence-corrected chi connectivity index (χ3v) is 2.69. The number of nitro groups is 1. The summed E-state index contributed by atoms with van der Waals surface area (Å²) >= 11 is 5.99. The van der Waals surface area contributed by atoms with Crippen LogP contribution in [0.2, 0.25) is 0 Å². The zero-order valence-corrected chi connectivity index (χ0v) is 9.43. The number of nitro benzene ring substituents is 1. The molecule has 0 radical (unpaired) electrons. The van der Waals surface area contributed by atoms with Crippen molar-refractivity contribution in [1.29, 1.82) is 0 Å². The standard InChI is InChI=1S/C7H4Br2FNO2/c8-3-4-6(10)2-1-5(9)7(4)11(12)13/h1-2H,3H2. The summed E-state index contributed by atoms with van der Waals surface area (Å²) in [6, 6.07) is 2.51. The second kappa shape index (κ2) is 4.15. The molecule has 0 aliphatic heterocycles. The van der Waals surface area contributed by atoms with Crippen molar-refractivity contribution < 1.29 is 9.31 Å². The van der Waals surface area contributed by atoms with Gasteiger partial charge in [0.05, 0.1) is 15.0 Å². The fraction of sp³-hybridized carbons (Fsp3) is 0.143. The van der Waals surface area contributed by atoms with Crippen molar-refractivity contribution in [3.8, 4) is 0 Å². The lowest BCUT2D eigenvalue weighted by molar-refractivity contribution is -0.386. The molecule has 0 heterocycles. The lowest BCUT2D eigenvalue weighted by Crippen LogP contribution is -1.97. The first-order chi connectivity index (χ1) is 6.07. The van der Waals surface area contributed by atoms with E-state index in [0.717, 1.165) is 0 Å². The van der Waals surface area contributed by atoms with E-state index in [1.165, 1.54) is 12.1 Å².